The van der Waals surface area contributed by atoms with Crippen LogP contribution in [0.2, 0.25) is 0 Å². The van der Waals surface area contributed by atoms with Crippen LogP contribution in [-0.4, -0.2) is 39.9 Å². The molecule has 4 rings (SSSR count). The van der Waals surface area contributed by atoms with Crippen molar-refractivity contribution < 1.29 is 14.4 Å². The molecule has 0 saturated heterocycles. The van der Waals surface area contributed by atoms with Crippen LogP contribution in [0.5, 0.6) is 0 Å². The van der Waals surface area contributed by atoms with Crippen molar-refractivity contribution in [2.45, 2.75) is 32.5 Å². The van der Waals surface area contributed by atoms with Crippen molar-refractivity contribution in [1.82, 2.24) is 25.5 Å². The maximum atomic E-state index is 13.0. The van der Waals surface area contributed by atoms with Crippen LogP contribution < -0.4 is 16.0 Å². The van der Waals surface area contributed by atoms with Crippen LogP contribution in [0, 0.1) is 11.3 Å². The Balaban J connectivity index is 1.40. The molecule has 0 fully saturated rings. The van der Waals surface area contributed by atoms with E-state index in [1.165, 1.54) is 6.92 Å². The zero-order valence-electron chi connectivity index (χ0n) is 21.0. The third-order valence-electron chi connectivity index (χ3n) is 6.12. The summed E-state index contributed by atoms with van der Waals surface area (Å²) in [7, 11) is 0. The lowest BCUT2D eigenvalue weighted by Gasteiger charge is -2.19. The number of hydrogen-bond acceptors (Lipinski definition) is 5. The zero-order valence-corrected chi connectivity index (χ0v) is 21.0. The number of imidazole rings is 1. The first kappa shape index (κ1) is 26.1. The van der Waals surface area contributed by atoms with Crippen LogP contribution in [0.15, 0.2) is 79.3 Å². The van der Waals surface area contributed by atoms with E-state index in [1.807, 2.05) is 59.2 Å². The Bertz CT molecular complexity index is 1480. The lowest BCUT2D eigenvalue weighted by atomic mass is 10.0. The molecule has 0 spiro atoms. The van der Waals surface area contributed by atoms with Gasteiger partial charge in [0.15, 0.2) is 0 Å². The number of fused-ring (bicyclic) bond motifs is 1. The average Bonchev–Trinajstić information content (AvgIpc) is 3.35. The van der Waals surface area contributed by atoms with Gasteiger partial charge in [-0.3, -0.25) is 14.4 Å². The van der Waals surface area contributed by atoms with E-state index >= 15 is 0 Å². The van der Waals surface area contributed by atoms with E-state index in [1.54, 1.807) is 24.7 Å². The highest BCUT2D eigenvalue weighted by Gasteiger charge is 2.22. The van der Waals surface area contributed by atoms with E-state index in [-0.39, 0.29) is 31.3 Å². The number of benzene rings is 3. The molecule has 3 aromatic carbocycles. The molecule has 0 bridgehead atoms. The van der Waals surface area contributed by atoms with Crippen molar-refractivity contribution in [3.8, 4) is 6.07 Å². The predicted octanol–water partition coefficient (Wildman–Crippen LogP) is 2.44. The van der Waals surface area contributed by atoms with Gasteiger partial charge in [0, 0.05) is 38.4 Å². The Hall–Kier alpha value is -4.97. The van der Waals surface area contributed by atoms with Gasteiger partial charge in [-0.25, -0.2) is 4.98 Å². The fraction of sp³-hybridized carbons (Fsp3) is 0.207. The Kier molecular flexibility index (Phi) is 8.46. The largest absolute Gasteiger partial charge is 0.354 e. The van der Waals surface area contributed by atoms with Gasteiger partial charge in [0.05, 0.1) is 24.4 Å². The van der Waals surface area contributed by atoms with Crippen LogP contribution in [0.4, 0.5) is 0 Å². The average molecular weight is 509 g/mol. The topological polar surface area (TPSA) is 129 Å². The molecule has 1 aromatic heterocycles. The van der Waals surface area contributed by atoms with Crippen molar-refractivity contribution in [3.63, 3.8) is 0 Å². The normalized spacial score (nSPS) is 11.4. The minimum atomic E-state index is -0.948. The third-order valence-corrected chi connectivity index (χ3v) is 6.12. The number of carbonyl (C=O) groups is 3. The maximum Gasteiger partial charge on any atom is 0.244 e. The lowest BCUT2D eigenvalue weighted by Crippen LogP contribution is -2.52. The molecule has 0 aliphatic carbocycles. The maximum absolute atomic E-state index is 13.0. The quantitative estimate of drug-likeness (QED) is 0.303. The molecule has 1 heterocycles. The first-order valence-electron chi connectivity index (χ1n) is 12.2. The van der Waals surface area contributed by atoms with E-state index < -0.39 is 11.9 Å². The number of aromatic nitrogens is 2. The van der Waals surface area contributed by atoms with Crippen molar-refractivity contribution in [1.29, 1.82) is 5.26 Å². The number of nitrogens with one attached hydrogen (secondary N) is 3. The van der Waals surface area contributed by atoms with Crippen molar-refractivity contribution >= 4 is 28.5 Å². The molecule has 0 aliphatic rings. The van der Waals surface area contributed by atoms with E-state index in [0.717, 1.165) is 21.9 Å². The van der Waals surface area contributed by atoms with E-state index in [9.17, 15) is 14.4 Å². The number of hydrogen-bond donors (Lipinski definition) is 3. The van der Waals surface area contributed by atoms with E-state index in [0.29, 0.717) is 17.8 Å². The smallest absolute Gasteiger partial charge is 0.244 e. The van der Waals surface area contributed by atoms with Gasteiger partial charge in [-0.1, -0.05) is 54.6 Å². The molecule has 9 nitrogen and oxygen atoms in total. The van der Waals surface area contributed by atoms with Gasteiger partial charge < -0.3 is 20.5 Å². The van der Waals surface area contributed by atoms with Gasteiger partial charge in [0.2, 0.25) is 17.7 Å². The number of nitriles is 1. The second kappa shape index (κ2) is 12.3. The molecule has 0 saturated carbocycles. The Morgan fingerprint density at radius 1 is 1.00 bits per heavy atom. The lowest BCUT2D eigenvalue weighted by molar-refractivity contribution is -0.129. The second-order valence-corrected chi connectivity index (χ2v) is 8.91. The third kappa shape index (κ3) is 6.83. The summed E-state index contributed by atoms with van der Waals surface area (Å²) in [5.41, 5.74) is 3.15. The molecule has 1 unspecified atom stereocenters. The summed E-state index contributed by atoms with van der Waals surface area (Å²) in [4.78, 5) is 41.6. The highest BCUT2D eigenvalue weighted by Crippen LogP contribution is 2.18. The van der Waals surface area contributed by atoms with E-state index in [4.69, 9.17) is 5.26 Å². The molecule has 3 amide bonds. The molecule has 192 valence electrons. The van der Waals surface area contributed by atoms with Gasteiger partial charge in [-0.05, 0) is 34.0 Å². The highest BCUT2D eigenvalue weighted by atomic mass is 16.2. The highest BCUT2D eigenvalue weighted by molar-refractivity contribution is 5.90. The van der Waals surface area contributed by atoms with Gasteiger partial charge in [-0.2, -0.15) is 5.26 Å². The number of nitrogens with zero attached hydrogens (tertiary/aromatic N) is 3. The summed E-state index contributed by atoms with van der Waals surface area (Å²) < 4.78 is 1.84. The summed E-state index contributed by atoms with van der Waals surface area (Å²) in [6, 6.07) is 22.1. The Labute approximate surface area is 220 Å². The van der Waals surface area contributed by atoms with Gasteiger partial charge >= 0.3 is 0 Å². The summed E-state index contributed by atoms with van der Waals surface area (Å²) in [6.45, 7) is 2.08. The SMILES string of the molecule is CC(=O)NCC(NC(=O)Cc1cncn1Cc1ccc(C#N)cc1)C(=O)NCc1cccc2ccccc12. The molecular weight excluding hydrogens is 480 g/mol. The monoisotopic (exact) mass is 508 g/mol. The van der Waals surface area contributed by atoms with Crippen LogP contribution in [0.1, 0.15) is 29.3 Å². The Morgan fingerprint density at radius 3 is 2.53 bits per heavy atom. The number of rotatable bonds is 10. The predicted molar refractivity (Wildman–Crippen MR) is 143 cm³/mol. The number of amides is 3. The van der Waals surface area contributed by atoms with Gasteiger partial charge in [0.1, 0.15) is 6.04 Å². The summed E-state index contributed by atoms with van der Waals surface area (Å²) in [6.07, 6.45) is 3.24. The second-order valence-electron chi connectivity index (χ2n) is 8.91. The number of carbonyl (C=O) groups excluding carboxylic acids is 3. The minimum Gasteiger partial charge on any atom is -0.354 e. The first-order chi connectivity index (χ1) is 18.4. The van der Waals surface area contributed by atoms with Crippen LogP contribution in [-0.2, 0) is 33.9 Å². The first-order valence-corrected chi connectivity index (χ1v) is 12.2. The standard InChI is InChI=1S/C29H28N6O3/c1-20(36)32-17-27(29(38)33-15-24-7-4-6-23-5-2-3-8-26(23)24)34-28(37)13-25-16-31-19-35(25)18-22-11-9-21(14-30)10-12-22/h2-12,16,19,27H,13,15,17-18H2,1H3,(H,32,36)(H,33,38)(H,34,37). The van der Waals surface area contributed by atoms with Gasteiger partial charge in [0.25, 0.3) is 0 Å². The minimum absolute atomic E-state index is 0.00343. The van der Waals surface area contributed by atoms with Crippen LogP contribution >= 0.6 is 0 Å². The van der Waals surface area contributed by atoms with E-state index in [2.05, 4.69) is 27.0 Å². The van der Waals surface area contributed by atoms with Crippen molar-refractivity contribution in [2.75, 3.05) is 6.54 Å². The fourth-order valence-corrected chi connectivity index (χ4v) is 4.14. The molecule has 0 aliphatic heterocycles. The summed E-state index contributed by atoms with van der Waals surface area (Å²) in [5.74, 6) is -1.07. The molecule has 3 N–H and O–H groups in total. The summed E-state index contributed by atoms with van der Waals surface area (Å²) >= 11 is 0. The van der Waals surface area contributed by atoms with Crippen molar-refractivity contribution in [3.05, 3.63) is 102 Å². The molecule has 9 heteroatoms. The molecule has 4 aromatic rings. The molecule has 38 heavy (non-hydrogen) atoms. The molecular formula is C29H28N6O3. The molecule has 1 atom stereocenters. The summed E-state index contributed by atoms with van der Waals surface area (Å²) in [5, 5.41) is 19.3. The van der Waals surface area contributed by atoms with Crippen molar-refractivity contribution in [2.24, 2.45) is 0 Å². The Morgan fingerprint density at radius 2 is 1.76 bits per heavy atom. The van der Waals surface area contributed by atoms with Gasteiger partial charge in [-0.15, -0.1) is 0 Å². The fourth-order valence-electron chi connectivity index (χ4n) is 4.14. The van der Waals surface area contributed by atoms with Crippen LogP contribution in [0.3, 0.4) is 0 Å². The van der Waals surface area contributed by atoms with Crippen LogP contribution in [0.25, 0.3) is 10.8 Å². The molecule has 0 radical (unpaired) electrons. The zero-order chi connectivity index (χ0) is 26.9.